The van der Waals surface area contributed by atoms with Crippen molar-refractivity contribution in [1.82, 2.24) is 0 Å². The molecule has 2 rings (SSSR count). The van der Waals surface area contributed by atoms with Gasteiger partial charge < -0.3 is 10.5 Å². The second-order valence-electron chi connectivity index (χ2n) is 4.33. The van der Waals surface area contributed by atoms with E-state index in [2.05, 4.69) is 43.3 Å². The highest BCUT2D eigenvalue weighted by Gasteiger charge is 2.02. The van der Waals surface area contributed by atoms with Crippen LogP contribution in [0.2, 0.25) is 0 Å². The molecule has 0 aliphatic rings. The van der Waals surface area contributed by atoms with E-state index >= 15 is 0 Å². The molecule has 0 atom stereocenters. The topological polar surface area (TPSA) is 35.2 Å². The lowest BCUT2D eigenvalue weighted by molar-refractivity contribution is 0.340. The van der Waals surface area contributed by atoms with Gasteiger partial charge in [0.15, 0.2) is 0 Å². The Kier molecular flexibility index (Phi) is 5.31. The van der Waals surface area contributed by atoms with Gasteiger partial charge in [-0.2, -0.15) is 0 Å². The molecular weight excluding hydrogens is 254 g/mol. The molecule has 100 valence electrons. The van der Waals surface area contributed by atoms with Crippen molar-refractivity contribution in [2.24, 2.45) is 5.73 Å². The number of ether oxygens (including phenoxy) is 1. The lowest BCUT2D eigenvalue weighted by Gasteiger charge is -2.11. The molecule has 0 fully saturated rings. The molecule has 0 unspecified atom stereocenters. The molecule has 0 aromatic heterocycles. The number of nitrogens with two attached hydrogens (primary N) is 1. The Morgan fingerprint density at radius 3 is 2.63 bits per heavy atom. The molecule has 0 saturated carbocycles. The van der Waals surface area contributed by atoms with Gasteiger partial charge in [-0.05, 0) is 25.1 Å². The Bertz CT molecular complexity index is 513. The van der Waals surface area contributed by atoms with E-state index in [4.69, 9.17) is 10.5 Å². The van der Waals surface area contributed by atoms with Crippen molar-refractivity contribution in [2.75, 3.05) is 12.4 Å². The van der Waals surface area contributed by atoms with Gasteiger partial charge in [0.1, 0.15) is 5.75 Å². The van der Waals surface area contributed by atoms with Crippen LogP contribution in [0, 0.1) is 6.92 Å². The second-order valence-corrected chi connectivity index (χ2v) is 5.49. The van der Waals surface area contributed by atoms with Crippen molar-refractivity contribution >= 4 is 11.8 Å². The molecule has 19 heavy (non-hydrogen) atoms. The van der Waals surface area contributed by atoms with Crippen molar-refractivity contribution in [2.45, 2.75) is 18.4 Å². The predicted octanol–water partition coefficient (Wildman–Crippen LogP) is 3.62. The summed E-state index contributed by atoms with van der Waals surface area (Å²) in [7, 11) is 0. The van der Waals surface area contributed by atoms with Gasteiger partial charge in [0, 0.05) is 22.8 Å². The van der Waals surface area contributed by atoms with Gasteiger partial charge in [0.05, 0.1) is 6.61 Å². The SMILES string of the molecule is Cc1ccc(OCCSc2ccccc2)c(CN)c1. The Morgan fingerprint density at radius 2 is 1.89 bits per heavy atom. The van der Waals surface area contributed by atoms with Crippen LogP contribution >= 0.6 is 11.8 Å². The number of rotatable bonds is 6. The third-order valence-electron chi connectivity index (χ3n) is 2.79. The molecule has 0 heterocycles. The van der Waals surface area contributed by atoms with Crippen LogP contribution in [-0.4, -0.2) is 12.4 Å². The molecule has 2 aromatic carbocycles. The Labute approximate surface area is 119 Å². The van der Waals surface area contributed by atoms with Crippen molar-refractivity contribution < 1.29 is 4.74 Å². The summed E-state index contributed by atoms with van der Waals surface area (Å²) in [6, 6.07) is 16.5. The molecule has 0 bridgehead atoms. The van der Waals surface area contributed by atoms with E-state index in [1.54, 1.807) is 11.8 Å². The number of hydrogen-bond donors (Lipinski definition) is 1. The summed E-state index contributed by atoms with van der Waals surface area (Å²) in [6.45, 7) is 3.27. The van der Waals surface area contributed by atoms with E-state index in [1.807, 2.05) is 12.1 Å². The highest BCUT2D eigenvalue weighted by Crippen LogP contribution is 2.21. The summed E-state index contributed by atoms with van der Waals surface area (Å²) in [5.74, 6) is 1.84. The Balaban J connectivity index is 1.83. The molecule has 2 N–H and O–H groups in total. The number of hydrogen-bond acceptors (Lipinski definition) is 3. The van der Waals surface area contributed by atoms with Crippen LogP contribution in [0.25, 0.3) is 0 Å². The van der Waals surface area contributed by atoms with E-state index < -0.39 is 0 Å². The molecule has 0 aliphatic heterocycles. The maximum atomic E-state index is 5.80. The molecular formula is C16H19NOS. The first kappa shape index (κ1) is 14.0. The minimum Gasteiger partial charge on any atom is -0.492 e. The minimum absolute atomic E-state index is 0.517. The lowest BCUT2D eigenvalue weighted by atomic mass is 10.1. The Morgan fingerprint density at radius 1 is 1.11 bits per heavy atom. The average molecular weight is 273 g/mol. The summed E-state index contributed by atoms with van der Waals surface area (Å²) in [5, 5.41) is 0. The summed E-state index contributed by atoms with van der Waals surface area (Å²) in [6.07, 6.45) is 0. The number of thioether (sulfide) groups is 1. The van der Waals surface area contributed by atoms with Gasteiger partial charge in [0.2, 0.25) is 0 Å². The maximum Gasteiger partial charge on any atom is 0.123 e. The summed E-state index contributed by atoms with van der Waals surface area (Å²) in [4.78, 5) is 1.27. The highest BCUT2D eigenvalue weighted by atomic mass is 32.2. The lowest BCUT2D eigenvalue weighted by Crippen LogP contribution is -2.05. The molecule has 3 heteroatoms. The van der Waals surface area contributed by atoms with Crippen LogP contribution in [0.5, 0.6) is 5.75 Å². The quantitative estimate of drug-likeness (QED) is 0.645. The zero-order chi connectivity index (χ0) is 13.5. The first-order chi connectivity index (χ1) is 9.29. The Hall–Kier alpha value is -1.45. The zero-order valence-corrected chi connectivity index (χ0v) is 12.0. The van der Waals surface area contributed by atoms with Crippen molar-refractivity contribution in [3.05, 3.63) is 59.7 Å². The average Bonchev–Trinajstić information content (AvgIpc) is 2.46. The first-order valence-electron chi connectivity index (χ1n) is 6.40. The molecule has 2 nitrogen and oxygen atoms in total. The normalized spacial score (nSPS) is 10.4. The third kappa shape index (κ3) is 4.30. The highest BCUT2D eigenvalue weighted by molar-refractivity contribution is 7.99. The minimum atomic E-state index is 0.517. The van der Waals surface area contributed by atoms with E-state index in [-0.39, 0.29) is 0 Å². The van der Waals surface area contributed by atoms with Gasteiger partial charge in [-0.3, -0.25) is 0 Å². The van der Waals surface area contributed by atoms with Crippen molar-refractivity contribution in [3.63, 3.8) is 0 Å². The number of benzene rings is 2. The maximum absolute atomic E-state index is 5.80. The van der Waals surface area contributed by atoms with E-state index in [1.165, 1.54) is 10.5 Å². The van der Waals surface area contributed by atoms with Gasteiger partial charge in [-0.25, -0.2) is 0 Å². The van der Waals surface area contributed by atoms with Crippen LogP contribution in [-0.2, 0) is 6.54 Å². The smallest absolute Gasteiger partial charge is 0.123 e. The first-order valence-corrected chi connectivity index (χ1v) is 7.38. The van der Waals surface area contributed by atoms with Gasteiger partial charge in [-0.1, -0.05) is 35.9 Å². The van der Waals surface area contributed by atoms with E-state index in [9.17, 15) is 0 Å². The van der Waals surface area contributed by atoms with Crippen LogP contribution in [0.4, 0.5) is 0 Å². The van der Waals surface area contributed by atoms with E-state index in [0.717, 1.165) is 17.1 Å². The molecule has 0 saturated heterocycles. The molecule has 0 aliphatic carbocycles. The standard InChI is InChI=1S/C16H19NOS/c1-13-7-8-16(14(11-13)12-17)18-9-10-19-15-5-3-2-4-6-15/h2-8,11H,9-10,12,17H2,1H3. The fourth-order valence-electron chi connectivity index (χ4n) is 1.84. The molecule has 0 amide bonds. The van der Waals surface area contributed by atoms with Gasteiger partial charge in [-0.15, -0.1) is 11.8 Å². The van der Waals surface area contributed by atoms with Gasteiger partial charge >= 0.3 is 0 Å². The zero-order valence-electron chi connectivity index (χ0n) is 11.1. The van der Waals surface area contributed by atoms with E-state index in [0.29, 0.717) is 13.2 Å². The third-order valence-corrected chi connectivity index (χ3v) is 3.77. The molecule has 2 aromatic rings. The molecule has 0 radical (unpaired) electrons. The summed E-state index contributed by atoms with van der Waals surface area (Å²) < 4.78 is 5.80. The van der Waals surface area contributed by atoms with Crippen LogP contribution in [0.1, 0.15) is 11.1 Å². The summed E-state index contributed by atoms with van der Waals surface area (Å²) in [5.41, 5.74) is 8.02. The summed E-state index contributed by atoms with van der Waals surface area (Å²) >= 11 is 1.80. The fraction of sp³-hybridized carbons (Fsp3) is 0.250. The monoisotopic (exact) mass is 273 g/mol. The van der Waals surface area contributed by atoms with Crippen molar-refractivity contribution in [1.29, 1.82) is 0 Å². The van der Waals surface area contributed by atoms with Gasteiger partial charge in [0.25, 0.3) is 0 Å². The molecule has 0 spiro atoms. The fourth-order valence-corrected chi connectivity index (χ4v) is 2.59. The van der Waals surface area contributed by atoms with Crippen molar-refractivity contribution in [3.8, 4) is 5.75 Å². The predicted molar refractivity (Wildman–Crippen MR) is 81.7 cm³/mol. The number of aryl methyl sites for hydroxylation is 1. The van der Waals surface area contributed by atoms with Crippen LogP contribution in [0.15, 0.2) is 53.4 Å². The van der Waals surface area contributed by atoms with Crippen LogP contribution in [0.3, 0.4) is 0 Å². The second kappa shape index (κ2) is 7.22. The van der Waals surface area contributed by atoms with Crippen LogP contribution < -0.4 is 10.5 Å². The largest absolute Gasteiger partial charge is 0.492 e.